The first-order valence-corrected chi connectivity index (χ1v) is 19.3. The van der Waals surface area contributed by atoms with Crippen LogP contribution in [0.25, 0.3) is 0 Å². The van der Waals surface area contributed by atoms with Crippen LogP contribution in [0, 0.1) is 13.8 Å². The van der Waals surface area contributed by atoms with Gasteiger partial charge in [0.05, 0.1) is 0 Å². The molecule has 1 aliphatic rings. The van der Waals surface area contributed by atoms with Gasteiger partial charge in [0.2, 0.25) is 0 Å². The molecular formula is C46H62N2. The fraction of sp³-hybridized carbons (Fsp3) is 0.478. The van der Waals surface area contributed by atoms with Gasteiger partial charge in [0.15, 0.2) is 0 Å². The third-order valence-corrected chi connectivity index (χ3v) is 11.5. The first-order chi connectivity index (χ1) is 23.4. The summed E-state index contributed by atoms with van der Waals surface area (Å²) >= 11 is 0. The van der Waals surface area contributed by atoms with E-state index in [9.17, 15) is 0 Å². The lowest BCUT2D eigenvalue weighted by Crippen LogP contribution is -2.30. The number of rotatable bonds is 16. The molecule has 4 aromatic rings. The van der Waals surface area contributed by atoms with Gasteiger partial charge in [0.25, 0.3) is 0 Å². The second-order valence-corrected chi connectivity index (χ2v) is 14.9. The molecule has 4 N–H and O–H groups in total. The third-order valence-electron chi connectivity index (χ3n) is 11.5. The number of benzene rings is 4. The fourth-order valence-corrected chi connectivity index (χ4v) is 8.70. The van der Waals surface area contributed by atoms with E-state index in [2.05, 4.69) is 113 Å². The number of anilines is 2. The number of aryl methyl sites for hydroxylation is 2. The molecule has 5 rings (SSSR count). The molecule has 2 heteroatoms. The predicted octanol–water partition coefficient (Wildman–Crippen LogP) is 12.9. The largest absolute Gasteiger partial charge is 0.399 e. The summed E-state index contributed by atoms with van der Waals surface area (Å²) in [5.74, 6) is 0.813. The van der Waals surface area contributed by atoms with Gasteiger partial charge < -0.3 is 11.5 Å². The highest BCUT2D eigenvalue weighted by Crippen LogP contribution is 2.46. The topological polar surface area (TPSA) is 52.0 Å². The molecule has 0 aliphatic heterocycles. The molecule has 0 aromatic heterocycles. The average Bonchev–Trinajstić information content (AvgIpc) is 3.10. The van der Waals surface area contributed by atoms with E-state index in [-0.39, 0.29) is 5.41 Å². The van der Waals surface area contributed by atoms with Gasteiger partial charge in [0.1, 0.15) is 0 Å². The molecule has 0 radical (unpaired) electrons. The quantitative estimate of drug-likeness (QED) is 0.0943. The number of nitrogens with two attached hydrogens (primary N) is 2. The molecule has 256 valence electrons. The van der Waals surface area contributed by atoms with E-state index in [0.717, 1.165) is 11.4 Å². The maximum atomic E-state index is 6.17. The Morgan fingerprint density at radius 2 is 0.938 bits per heavy atom. The lowest BCUT2D eigenvalue weighted by Gasteiger charge is -2.39. The molecule has 2 unspecified atom stereocenters. The molecule has 1 fully saturated rings. The van der Waals surface area contributed by atoms with Gasteiger partial charge in [-0.25, -0.2) is 0 Å². The van der Waals surface area contributed by atoms with Crippen molar-refractivity contribution >= 4 is 11.4 Å². The molecule has 0 amide bonds. The zero-order chi connectivity index (χ0) is 33.9. The molecule has 0 spiro atoms. The Bertz CT molecular complexity index is 1450. The predicted molar refractivity (Wildman–Crippen MR) is 209 cm³/mol. The van der Waals surface area contributed by atoms with Crippen LogP contribution in [0.15, 0.2) is 84.9 Å². The molecule has 0 heterocycles. The fourth-order valence-electron chi connectivity index (χ4n) is 8.70. The van der Waals surface area contributed by atoms with Crippen LogP contribution in [0.3, 0.4) is 0 Å². The van der Waals surface area contributed by atoms with Crippen LogP contribution in [0.1, 0.15) is 167 Å². The van der Waals surface area contributed by atoms with Crippen LogP contribution < -0.4 is 11.5 Å². The molecular weight excluding hydrogens is 581 g/mol. The van der Waals surface area contributed by atoms with Gasteiger partial charge in [-0.2, -0.15) is 0 Å². The minimum atomic E-state index is 0.0801. The van der Waals surface area contributed by atoms with Crippen molar-refractivity contribution < 1.29 is 0 Å². The summed E-state index contributed by atoms with van der Waals surface area (Å²) in [6.07, 6.45) is 19.0. The van der Waals surface area contributed by atoms with Gasteiger partial charge in [-0.05, 0) is 108 Å². The van der Waals surface area contributed by atoms with E-state index in [1.165, 1.54) is 141 Å². The van der Waals surface area contributed by atoms with Crippen LogP contribution in [-0.4, -0.2) is 0 Å². The van der Waals surface area contributed by atoms with E-state index in [0.29, 0.717) is 11.8 Å². The molecule has 1 saturated carbocycles. The van der Waals surface area contributed by atoms with E-state index in [1.807, 2.05) is 0 Å². The molecule has 2 atom stereocenters. The highest BCUT2D eigenvalue weighted by molar-refractivity contribution is 5.50. The summed E-state index contributed by atoms with van der Waals surface area (Å²) in [4.78, 5) is 0. The standard InChI is InChI=1S/C46H62N2/c1-5-7-9-12-16-44(42-28-26-40(47)32-34(42)3)36-18-22-38(23-19-36)46(30-14-11-15-31-46)39-24-20-37(21-25-39)45(17-13-10-8-6-2)43-29-27-41(48)33-35(43)4/h18-29,32-33,44-45H,5-17,30-31,47-48H2,1-4H3. The van der Waals surface area contributed by atoms with Crippen molar-refractivity contribution in [2.24, 2.45) is 0 Å². The minimum Gasteiger partial charge on any atom is -0.399 e. The number of hydrogen-bond acceptors (Lipinski definition) is 2. The summed E-state index contributed by atoms with van der Waals surface area (Å²) in [5.41, 5.74) is 25.5. The van der Waals surface area contributed by atoms with Crippen molar-refractivity contribution in [2.45, 2.75) is 141 Å². The number of nitrogen functional groups attached to an aromatic ring is 2. The van der Waals surface area contributed by atoms with Crippen molar-refractivity contribution in [3.05, 3.63) is 129 Å². The zero-order valence-electron chi connectivity index (χ0n) is 30.5. The summed E-state index contributed by atoms with van der Waals surface area (Å²) in [6, 6.07) is 32.8. The van der Waals surface area contributed by atoms with E-state index >= 15 is 0 Å². The van der Waals surface area contributed by atoms with E-state index in [1.54, 1.807) is 0 Å². The average molecular weight is 643 g/mol. The number of hydrogen-bond donors (Lipinski definition) is 2. The first kappa shape index (κ1) is 35.8. The van der Waals surface area contributed by atoms with Gasteiger partial charge in [-0.1, -0.05) is 145 Å². The van der Waals surface area contributed by atoms with Crippen molar-refractivity contribution in [1.82, 2.24) is 0 Å². The van der Waals surface area contributed by atoms with Crippen LogP contribution in [-0.2, 0) is 5.41 Å². The highest BCUT2D eigenvalue weighted by atomic mass is 14.5. The minimum absolute atomic E-state index is 0.0801. The normalized spacial score (nSPS) is 15.7. The molecule has 2 nitrogen and oxygen atoms in total. The van der Waals surface area contributed by atoms with Crippen molar-refractivity contribution in [1.29, 1.82) is 0 Å². The smallest absolute Gasteiger partial charge is 0.0316 e. The van der Waals surface area contributed by atoms with E-state index in [4.69, 9.17) is 11.5 Å². The molecule has 0 saturated heterocycles. The van der Waals surface area contributed by atoms with Gasteiger partial charge in [-0.15, -0.1) is 0 Å². The maximum absolute atomic E-state index is 6.17. The van der Waals surface area contributed by atoms with Crippen molar-refractivity contribution in [3.63, 3.8) is 0 Å². The summed E-state index contributed by atoms with van der Waals surface area (Å²) < 4.78 is 0. The van der Waals surface area contributed by atoms with E-state index < -0.39 is 0 Å². The van der Waals surface area contributed by atoms with Crippen molar-refractivity contribution in [2.75, 3.05) is 11.5 Å². The molecule has 1 aliphatic carbocycles. The Balaban J connectivity index is 1.45. The first-order valence-electron chi connectivity index (χ1n) is 19.3. The Hall–Kier alpha value is -3.52. The second-order valence-electron chi connectivity index (χ2n) is 14.9. The Morgan fingerprint density at radius 3 is 1.31 bits per heavy atom. The van der Waals surface area contributed by atoms with Crippen LogP contribution in [0.5, 0.6) is 0 Å². The molecule has 4 aromatic carbocycles. The zero-order valence-corrected chi connectivity index (χ0v) is 30.5. The Kier molecular flexibility index (Phi) is 12.8. The SMILES string of the molecule is CCCCCCC(c1ccc(C2(c3ccc(C(CCCCCC)c4ccc(N)cc4C)cc3)CCCCC2)cc1)c1ccc(N)cc1C. The summed E-state index contributed by atoms with van der Waals surface area (Å²) in [6.45, 7) is 9.04. The lowest BCUT2D eigenvalue weighted by atomic mass is 9.65. The summed E-state index contributed by atoms with van der Waals surface area (Å²) in [7, 11) is 0. The molecule has 0 bridgehead atoms. The lowest BCUT2D eigenvalue weighted by molar-refractivity contribution is 0.346. The van der Waals surface area contributed by atoms with Gasteiger partial charge in [-0.3, -0.25) is 0 Å². The van der Waals surface area contributed by atoms with Crippen LogP contribution in [0.2, 0.25) is 0 Å². The monoisotopic (exact) mass is 642 g/mol. The van der Waals surface area contributed by atoms with Gasteiger partial charge >= 0.3 is 0 Å². The Morgan fingerprint density at radius 1 is 0.521 bits per heavy atom. The van der Waals surface area contributed by atoms with Crippen LogP contribution >= 0.6 is 0 Å². The Labute approximate surface area is 292 Å². The second kappa shape index (κ2) is 17.2. The number of unbranched alkanes of at least 4 members (excludes halogenated alkanes) is 6. The summed E-state index contributed by atoms with van der Waals surface area (Å²) in [5, 5.41) is 0. The highest BCUT2D eigenvalue weighted by Gasteiger charge is 2.36. The molecule has 48 heavy (non-hydrogen) atoms. The van der Waals surface area contributed by atoms with Crippen LogP contribution in [0.4, 0.5) is 11.4 Å². The third kappa shape index (κ3) is 8.55. The van der Waals surface area contributed by atoms with Gasteiger partial charge in [0, 0.05) is 28.6 Å². The maximum Gasteiger partial charge on any atom is 0.0316 e. The van der Waals surface area contributed by atoms with Crippen molar-refractivity contribution in [3.8, 4) is 0 Å².